The smallest absolute Gasteiger partial charge is 0.160 e. The van der Waals surface area contributed by atoms with Gasteiger partial charge in [-0.1, -0.05) is 12.1 Å². The first-order chi connectivity index (χ1) is 10.2. The van der Waals surface area contributed by atoms with E-state index in [-0.39, 0.29) is 0 Å². The van der Waals surface area contributed by atoms with Crippen LogP contribution in [-0.4, -0.2) is 13.1 Å². The summed E-state index contributed by atoms with van der Waals surface area (Å²) in [5, 5.41) is 3.10. The lowest BCUT2D eigenvalue weighted by Gasteiger charge is -2.17. The molecule has 2 nitrogen and oxygen atoms in total. The van der Waals surface area contributed by atoms with Crippen molar-refractivity contribution in [2.45, 2.75) is 19.4 Å². The van der Waals surface area contributed by atoms with Gasteiger partial charge in [-0.3, -0.25) is 0 Å². The van der Waals surface area contributed by atoms with Crippen LogP contribution in [0.2, 0.25) is 0 Å². The highest BCUT2D eigenvalue weighted by molar-refractivity contribution is 5.49. The Bertz CT molecular complexity index is 605. The fourth-order valence-corrected chi connectivity index (χ4v) is 2.61. The number of halogens is 2. The molecule has 21 heavy (non-hydrogen) atoms. The van der Waals surface area contributed by atoms with Crippen LogP contribution in [0.1, 0.15) is 18.4 Å². The van der Waals surface area contributed by atoms with Gasteiger partial charge in [0.2, 0.25) is 0 Å². The lowest BCUT2D eigenvalue weighted by molar-refractivity contribution is 0.509. The standard InChI is InChI=1S/C17H18F2N2/c18-16-8-5-14(11-17(16)19)20-12-13-3-6-15(7-4-13)21-9-1-2-10-21/h3-8,11,20H,1-2,9-10,12H2. The van der Waals surface area contributed by atoms with Crippen LogP contribution in [0.15, 0.2) is 42.5 Å². The topological polar surface area (TPSA) is 15.3 Å². The van der Waals surface area contributed by atoms with Crippen molar-refractivity contribution in [3.05, 3.63) is 59.7 Å². The third-order valence-electron chi connectivity index (χ3n) is 3.82. The molecule has 0 aliphatic carbocycles. The Morgan fingerprint density at radius 3 is 2.29 bits per heavy atom. The van der Waals surface area contributed by atoms with E-state index in [2.05, 4.69) is 34.5 Å². The second-order valence-electron chi connectivity index (χ2n) is 5.34. The Kier molecular flexibility index (Phi) is 4.04. The highest BCUT2D eigenvalue weighted by atomic mass is 19.2. The Morgan fingerprint density at radius 1 is 0.905 bits per heavy atom. The van der Waals surface area contributed by atoms with E-state index in [0.717, 1.165) is 24.7 Å². The van der Waals surface area contributed by atoms with Gasteiger partial charge in [0, 0.05) is 37.1 Å². The van der Waals surface area contributed by atoms with Gasteiger partial charge in [0.1, 0.15) is 0 Å². The number of rotatable bonds is 4. The van der Waals surface area contributed by atoms with Crippen molar-refractivity contribution in [3.8, 4) is 0 Å². The lowest BCUT2D eigenvalue weighted by Crippen LogP contribution is -2.17. The van der Waals surface area contributed by atoms with E-state index in [4.69, 9.17) is 0 Å². The minimum Gasteiger partial charge on any atom is -0.381 e. The second kappa shape index (κ2) is 6.12. The monoisotopic (exact) mass is 288 g/mol. The minimum atomic E-state index is -0.829. The molecule has 2 aromatic carbocycles. The molecule has 1 saturated heterocycles. The Balaban J connectivity index is 1.61. The molecule has 1 aliphatic rings. The zero-order chi connectivity index (χ0) is 14.7. The molecule has 1 N–H and O–H groups in total. The Hall–Kier alpha value is -2.10. The van der Waals surface area contributed by atoms with Gasteiger partial charge < -0.3 is 10.2 Å². The summed E-state index contributed by atoms with van der Waals surface area (Å²) in [5.74, 6) is -1.65. The summed E-state index contributed by atoms with van der Waals surface area (Å²) in [6.07, 6.45) is 2.53. The van der Waals surface area contributed by atoms with Gasteiger partial charge in [-0.15, -0.1) is 0 Å². The first kappa shape index (κ1) is 13.9. The molecule has 2 aromatic rings. The van der Waals surface area contributed by atoms with Crippen LogP contribution in [0.5, 0.6) is 0 Å². The fourth-order valence-electron chi connectivity index (χ4n) is 2.61. The summed E-state index contributed by atoms with van der Waals surface area (Å²) in [6, 6.07) is 12.2. The predicted molar refractivity (Wildman–Crippen MR) is 81.6 cm³/mol. The van der Waals surface area contributed by atoms with Crippen molar-refractivity contribution in [1.29, 1.82) is 0 Å². The van der Waals surface area contributed by atoms with Crippen LogP contribution >= 0.6 is 0 Å². The lowest BCUT2D eigenvalue weighted by atomic mass is 10.2. The van der Waals surface area contributed by atoms with E-state index >= 15 is 0 Å². The summed E-state index contributed by atoms with van der Waals surface area (Å²) >= 11 is 0. The second-order valence-corrected chi connectivity index (χ2v) is 5.34. The fraction of sp³-hybridized carbons (Fsp3) is 0.294. The zero-order valence-corrected chi connectivity index (χ0v) is 11.8. The number of nitrogens with zero attached hydrogens (tertiary/aromatic N) is 1. The van der Waals surface area contributed by atoms with E-state index in [1.165, 1.54) is 30.7 Å². The van der Waals surface area contributed by atoms with Crippen LogP contribution in [0.4, 0.5) is 20.2 Å². The molecule has 0 radical (unpaired) electrons. The van der Waals surface area contributed by atoms with E-state index in [9.17, 15) is 8.78 Å². The minimum absolute atomic E-state index is 0.581. The SMILES string of the molecule is Fc1ccc(NCc2ccc(N3CCCC3)cc2)cc1F. The Labute approximate surface area is 123 Å². The highest BCUT2D eigenvalue weighted by Gasteiger charge is 2.11. The van der Waals surface area contributed by atoms with Gasteiger partial charge in [-0.25, -0.2) is 8.78 Å². The third kappa shape index (κ3) is 3.32. The summed E-state index contributed by atoms with van der Waals surface area (Å²) in [4.78, 5) is 2.38. The van der Waals surface area contributed by atoms with Crippen LogP contribution in [0.3, 0.4) is 0 Å². The summed E-state index contributed by atoms with van der Waals surface area (Å²) in [6.45, 7) is 2.85. The molecule has 0 aromatic heterocycles. The molecule has 1 heterocycles. The quantitative estimate of drug-likeness (QED) is 0.908. The molecule has 110 valence electrons. The average Bonchev–Trinajstić information content (AvgIpc) is 3.03. The molecule has 0 amide bonds. The highest BCUT2D eigenvalue weighted by Crippen LogP contribution is 2.21. The van der Waals surface area contributed by atoms with Crippen molar-refractivity contribution in [2.75, 3.05) is 23.3 Å². The molecule has 4 heteroatoms. The van der Waals surface area contributed by atoms with Crippen molar-refractivity contribution >= 4 is 11.4 Å². The molecule has 0 bridgehead atoms. The number of anilines is 2. The van der Waals surface area contributed by atoms with Crippen molar-refractivity contribution in [2.24, 2.45) is 0 Å². The molecule has 1 aliphatic heterocycles. The average molecular weight is 288 g/mol. The number of benzene rings is 2. The molecule has 1 fully saturated rings. The maximum atomic E-state index is 13.1. The van der Waals surface area contributed by atoms with E-state index in [1.54, 1.807) is 0 Å². The molecular weight excluding hydrogens is 270 g/mol. The number of hydrogen-bond donors (Lipinski definition) is 1. The summed E-state index contributed by atoms with van der Waals surface area (Å²) in [5.41, 5.74) is 2.95. The summed E-state index contributed by atoms with van der Waals surface area (Å²) in [7, 11) is 0. The molecule has 3 rings (SSSR count). The van der Waals surface area contributed by atoms with Crippen LogP contribution in [-0.2, 0) is 6.54 Å². The van der Waals surface area contributed by atoms with Gasteiger partial charge in [0.25, 0.3) is 0 Å². The van der Waals surface area contributed by atoms with Gasteiger partial charge in [-0.2, -0.15) is 0 Å². The van der Waals surface area contributed by atoms with Gasteiger partial charge in [-0.05, 0) is 42.7 Å². The number of hydrogen-bond acceptors (Lipinski definition) is 2. The number of nitrogens with one attached hydrogen (secondary N) is 1. The molecule has 0 atom stereocenters. The normalized spacial score (nSPS) is 14.5. The first-order valence-corrected chi connectivity index (χ1v) is 7.25. The van der Waals surface area contributed by atoms with Gasteiger partial charge in [0.15, 0.2) is 11.6 Å². The van der Waals surface area contributed by atoms with Crippen molar-refractivity contribution in [3.63, 3.8) is 0 Å². The molecular formula is C17H18F2N2. The molecule has 0 saturated carbocycles. The van der Waals surface area contributed by atoms with E-state index in [1.807, 2.05) is 0 Å². The first-order valence-electron chi connectivity index (χ1n) is 7.25. The van der Waals surface area contributed by atoms with Gasteiger partial charge in [0.05, 0.1) is 0 Å². The van der Waals surface area contributed by atoms with Crippen molar-refractivity contribution in [1.82, 2.24) is 0 Å². The zero-order valence-electron chi connectivity index (χ0n) is 11.8. The van der Waals surface area contributed by atoms with E-state index in [0.29, 0.717) is 12.2 Å². The molecule has 0 unspecified atom stereocenters. The predicted octanol–water partition coefficient (Wildman–Crippen LogP) is 4.18. The molecule has 0 spiro atoms. The van der Waals surface area contributed by atoms with E-state index < -0.39 is 11.6 Å². The Morgan fingerprint density at radius 2 is 1.62 bits per heavy atom. The van der Waals surface area contributed by atoms with Crippen LogP contribution < -0.4 is 10.2 Å². The maximum Gasteiger partial charge on any atom is 0.160 e. The van der Waals surface area contributed by atoms with Gasteiger partial charge >= 0.3 is 0 Å². The largest absolute Gasteiger partial charge is 0.381 e. The van der Waals surface area contributed by atoms with Crippen LogP contribution in [0.25, 0.3) is 0 Å². The maximum absolute atomic E-state index is 13.1. The third-order valence-corrected chi connectivity index (χ3v) is 3.82. The van der Waals surface area contributed by atoms with Crippen molar-refractivity contribution < 1.29 is 8.78 Å². The van der Waals surface area contributed by atoms with Crippen LogP contribution in [0, 0.1) is 11.6 Å². The summed E-state index contributed by atoms with van der Waals surface area (Å²) < 4.78 is 26.0.